The van der Waals surface area contributed by atoms with Gasteiger partial charge >= 0.3 is 0 Å². The van der Waals surface area contributed by atoms with Crippen molar-refractivity contribution in [2.24, 2.45) is 5.92 Å². The summed E-state index contributed by atoms with van der Waals surface area (Å²) < 4.78 is 28.4. The molecule has 1 unspecified atom stereocenters. The first-order valence-electron chi connectivity index (χ1n) is 11.1. The van der Waals surface area contributed by atoms with Crippen LogP contribution in [0, 0.1) is 33.6 Å². The minimum atomic E-state index is -3.67. The minimum Gasteiger partial charge on any atom is -0.326 e. The molecule has 0 saturated carbocycles. The summed E-state index contributed by atoms with van der Waals surface area (Å²) in [5.74, 6) is -0.552. The second-order valence-electron chi connectivity index (χ2n) is 8.75. The summed E-state index contributed by atoms with van der Waals surface area (Å²) in [6.45, 7) is 8.20. The van der Waals surface area contributed by atoms with Gasteiger partial charge in [-0.25, -0.2) is 13.4 Å². The summed E-state index contributed by atoms with van der Waals surface area (Å²) in [5.41, 5.74) is 5.03. The van der Waals surface area contributed by atoms with Gasteiger partial charge in [0.25, 0.3) is 0 Å². The second kappa shape index (κ2) is 9.37. The largest absolute Gasteiger partial charge is 0.326 e. The van der Waals surface area contributed by atoms with Crippen molar-refractivity contribution in [3.8, 4) is 11.3 Å². The fraction of sp³-hybridized carbons (Fsp3) is 0.360. The number of hydrogen-bond acceptors (Lipinski definition) is 5. The molecule has 0 bridgehead atoms. The lowest BCUT2D eigenvalue weighted by molar-refractivity contribution is -0.120. The number of aryl methyl sites for hydroxylation is 4. The van der Waals surface area contributed by atoms with Crippen LogP contribution in [0.4, 0.5) is 5.69 Å². The molecule has 6 nitrogen and oxygen atoms in total. The molecule has 1 fully saturated rings. The van der Waals surface area contributed by atoms with E-state index in [2.05, 4.69) is 10.3 Å². The second-order valence-corrected chi connectivity index (χ2v) is 11.7. The fourth-order valence-corrected chi connectivity index (χ4v) is 7.13. The maximum Gasteiger partial charge on any atom is 0.243 e. The number of rotatable bonds is 5. The predicted octanol–water partition coefficient (Wildman–Crippen LogP) is 5.08. The molecule has 1 saturated heterocycles. The van der Waals surface area contributed by atoms with Crippen molar-refractivity contribution in [1.82, 2.24) is 9.29 Å². The topological polar surface area (TPSA) is 79.4 Å². The van der Waals surface area contributed by atoms with E-state index >= 15 is 0 Å². The third-order valence-corrected chi connectivity index (χ3v) is 8.95. The third-order valence-electron chi connectivity index (χ3n) is 6.00. The molecular weight excluding hydrogens is 454 g/mol. The van der Waals surface area contributed by atoms with Gasteiger partial charge in [0.05, 0.1) is 21.5 Å². The average molecular weight is 484 g/mol. The molecule has 1 N–H and O–H groups in total. The molecule has 0 radical (unpaired) electrons. The van der Waals surface area contributed by atoms with Gasteiger partial charge in [-0.05, 0) is 63.8 Å². The monoisotopic (exact) mass is 483 g/mol. The van der Waals surface area contributed by atoms with Crippen LogP contribution in [0.15, 0.2) is 46.7 Å². The lowest BCUT2D eigenvalue weighted by Gasteiger charge is -2.32. The van der Waals surface area contributed by atoms with Crippen molar-refractivity contribution in [2.75, 3.05) is 18.4 Å². The number of nitrogens with zero attached hydrogens (tertiary/aromatic N) is 2. The number of anilines is 1. The van der Waals surface area contributed by atoms with Crippen LogP contribution in [0.2, 0.25) is 0 Å². The van der Waals surface area contributed by atoms with Crippen molar-refractivity contribution in [3.05, 3.63) is 63.5 Å². The molecule has 1 aliphatic heterocycles. The van der Waals surface area contributed by atoms with E-state index in [1.54, 1.807) is 11.3 Å². The van der Waals surface area contributed by atoms with Gasteiger partial charge in [0.15, 0.2) is 0 Å². The van der Waals surface area contributed by atoms with E-state index < -0.39 is 15.9 Å². The van der Waals surface area contributed by atoms with Gasteiger partial charge in [-0.2, -0.15) is 4.31 Å². The van der Waals surface area contributed by atoms with E-state index in [0.29, 0.717) is 30.0 Å². The molecule has 0 spiro atoms. The number of amides is 1. The van der Waals surface area contributed by atoms with Gasteiger partial charge in [0.2, 0.25) is 15.9 Å². The molecule has 1 aliphatic rings. The number of piperidine rings is 1. The predicted molar refractivity (Wildman–Crippen MR) is 133 cm³/mol. The Morgan fingerprint density at radius 2 is 1.85 bits per heavy atom. The molecule has 8 heteroatoms. The van der Waals surface area contributed by atoms with Crippen LogP contribution in [0.5, 0.6) is 0 Å². The molecule has 0 aliphatic carbocycles. The number of sulfonamides is 1. The van der Waals surface area contributed by atoms with Crippen LogP contribution in [-0.4, -0.2) is 36.7 Å². The maximum absolute atomic E-state index is 13.5. The minimum absolute atomic E-state index is 0.154. The highest BCUT2D eigenvalue weighted by atomic mass is 32.2. The molecule has 1 atom stereocenters. The first kappa shape index (κ1) is 23.6. The third kappa shape index (κ3) is 5.03. The molecule has 3 aromatic rings. The Morgan fingerprint density at radius 3 is 2.52 bits per heavy atom. The zero-order valence-corrected chi connectivity index (χ0v) is 21.0. The molecule has 2 aromatic carbocycles. The van der Waals surface area contributed by atoms with Crippen LogP contribution in [-0.2, 0) is 14.8 Å². The summed E-state index contributed by atoms with van der Waals surface area (Å²) in [6, 6.07) is 11.4. The normalized spacial score (nSPS) is 17.2. The molecule has 174 valence electrons. The number of carbonyl (C=O) groups is 1. The lowest BCUT2D eigenvalue weighted by atomic mass is 9.98. The zero-order chi connectivity index (χ0) is 23.8. The quantitative estimate of drug-likeness (QED) is 0.549. The Kier molecular flexibility index (Phi) is 6.70. The fourth-order valence-electron chi connectivity index (χ4n) is 4.57. The van der Waals surface area contributed by atoms with Crippen molar-refractivity contribution in [2.45, 2.75) is 45.4 Å². The van der Waals surface area contributed by atoms with Crippen molar-refractivity contribution in [3.63, 3.8) is 0 Å². The molecule has 1 aromatic heterocycles. The van der Waals surface area contributed by atoms with E-state index in [-0.39, 0.29) is 12.5 Å². The van der Waals surface area contributed by atoms with E-state index in [4.69, 9.17) is 0 Å². The Labute approximate surface area is 199 Å². The number of aromatic nitrogens is 1. The van der Waals surface area contributed by atoms with Crippen molar-refractivity contribution in [1.29, 1.82) is 0 Å². The Hall–Kier alpha value is -2.55. The average Bonchev–Trinajstić information content (AvgIpc) is 3.19. The number of benzene rings is 2. The highest BCUT2D eigenvalue weighted by molar-refractivity contribution is 7.89. The highest BCUT2D eigenvalue weighted by Crippen LogP contribution is 2.30. The summed E-state index contributed by atoms with van der Waals surface area (Å²) >= 11 is 1.58. The maximum atomic E-state index is 13.5. The van der Waals surface area contributed by atoms with Crippen LogP contribution in [0.25, 0.3) is 11.3 Å². The Morgan fingerprint density at radius 1 is 1.12 bits per heavy atom. The van der Waals surface area contributed by atoms with Crippen LogP contribution < -0.4 is 5.32 Å². The number of nitrogens with one attached hydrogen (secondary N) is 1. The van der Waals surface area contributed by atoms with Gasteiger partial charge in [-0.15, -0.1) is 11.3 Å². The number of hydrogen-bond donors (Lipinski definition) is 1. The molecule has 2 heterocycles. The Bertz CT molecular complexity index is 1270. The highest BCUT2D eigenvalue weighted by Gasteiger charge is 2.35. The lowest BCUT2D eigenvalue weighted by Crippen LogP contribution is -2.44. The summed E-state index contributed by atoms with van der Waals surface area (Å²) in [7, 11) is -3.67. The summed E-state index contributed by atoms with van der Waals surface area (Å²) in [4.78, 5) is 17.9. The van der Waals surface area contributed by atoms with E-state index in [0.717, 1.165) is 33.0 Å². The Balaban J connectivity index is 1.50. The molecule has 33 heavy (non-hydrogen) atoms. The SMILES string of the molecule is Cc1cc(C)c(S(=O)(=O)N2CCCC(C(=O)Nc3cccc(-c4csc(C)n4)c3)C2)c(C)c1. The molecule has 4 rings (SSSR count). The number of thiazole rings is 1. The van der Waals surface area contributed by atoms with Gasteiger partial charge in [0.1, 0.15) is 0 Å². The van der Waals surface area contributed by atoms with Crippen LogP contribution >= 0.6 is 11.3 Å². The van der Waals surface area contributed by atoms with Crippen LogP contribution in [0.1, 0.15) is 34.5 Å². The first-order valence-corrected chi connectivity index (χ1v) is 13.4. The van der Waals surface area contributed by atoms with E-state index in [1.807, 2.05) is 69.5 Å². The van der Waals surface area contributed by atoms with Crippen LogP contribution in [0.3, 0.4) is 0 Å². The summed E-state index contributed by atoms with van der Waals surface area (Å²) in [5, 5.41) is 5.97. The van der Waals surface area contributed by atoms with Gasteiger partial charge in [-0.1, -0.05) is 29.8 Å². The van der Waals surface area contributed by atoms with Gasteiger partial charge in [0, 0.05) is 29.7 Å². The van der Waals surface area contributed by atoms with Crippen molar-refractivity contribution < 1.29 is 13.2 Å². The molecular formula is C25H29N3O3S2. The number of carbonyl (C=O) groups excluding carboxylic acids is 1. The standard InChI is InChI=1S/C25H29N3O3S2/c1-16-11-17(2)24(18(3)12-16)33(30,31)28-10-6-8-21(14-28)25(29)27-22-9-5-7-20(13-22)23-15-32-19(4)26-23/h5,7,9,11-13,15,21H,6,8,10,14H2,1-4H3,(H,27,29). The first-order chi connectivity index (χ1) is 15.6. The van der Waals surface area contributed by atoms with Gasteiger partial charge in [-0.3, -0.25) is 4.79 Å². The van der Waals surface area contributed by atoms with E-state index in [9.17, 15) is 13.2 Å². The molecule has 1 amide bonds. The van der Waals surface area contributed by atoms with Crippen molar-refractivity contribution >= 4 is 33.0 Å². The van der Waals surface area contributed by atoms with E-state index in [1.165, 1.54) is 4.31 Å². The van der Waals surface area contributed by atoms with Gasteiger partial charge < -0.3 is 5.32 Å². The smallest absolute Gasteiger partial charge is 0.243 e. The zero-order valence-electron chi connectivity index (χ0n) is 19.4. The summed E-state index contributed by atoms with van der Waals surface area (Å²) in [6.07, 6.45) is 1.31.